The number of nitrogens with zero attached hydrogens (tertiary/aromatic N) is 1. The zero-order valence-corrected chi connectivity index (χ0v) is 16.3. The molecule has 0 aromatic heterocycles. The molecule has 1 spiro atoms. The van der Waals surface area contributed by atoms with Crippen molar-refractivity contribution in [2.24, 2.45) is 11.8 Å². The number of benzene rings is 1. The minimum atomic E-state index is -0.565. The number of carbonyl (C=O) groups is 2. The van der Waals surface area contributed by atoms with Gasteiger partial charge in [-0.25, -0.2) is 0 Å². The first-order chi connectivity index (χ1) is 13.0. The highest BCUT2D eigenvalue weighted by molar-refractivity contribution is 5.90. The third-order valence-electron chi connectivity index (χ3n) is 6.44. The van der Waals surface area contributed by atoms with Crippen molar-refractivity contribution in [2.75, 3.05) is 6.61 Å². The van der Waals surface area contributed by atoms with Crippen molar-refractivity contribution < 1.29 is 14.3 Å². The van der Waals surface area contributed by atoms with E-state index >= 15 is 0 Å². The van der Waals surface area contributed by atoms with E-state index in [0.717, 1.165) is 44.1 Å². The summed E-state index contributed by atoms with van der Waals surface area (Å²) in [6.45, 7) is 4.54. The second-order valence-corrected chi connectivity index (χ2v) is 8.58. The molecule has 1 saturated heterocycles. The molecule has 3 fully saturated rings. The first-order valence-corrected chi connectivity index (χ1v) is 10.3. The zero-order chi connectivity index (χ0) is 19.0. The van der Waals surface area contributed by atoms with Gasteiger partial charge in [0, 0.05) is 5.92 Å². The fraction of sp³-hybridized carbons (Fsp3) is 0.636. The van der Waals surface area contributed by atoms with Gasteiger partial charge in [0.15, 0.2) is 0 Å². The Bertz CT molecular complexity index is 693. The van der Waals surface area contributed by atoms with Crippen molar-refractivity contribution in [1.82, 2.24) is 10.2 Å². The lowest BCUT2D eigenvalue weighted by molar-refractivity contribution is -0.162. The first-order valence-electron chi connectivity index (χ1n) is 10.3. The molecular formula is C22H30N2O3. The van der Waals surface area contributed by atoms with Crippen LogP contribution in [-0.2, 0) is 14.3 Å². The molecule has 27 heavy (non-hydrogen) atoms. The summed E-state index contributed by atoms with van der Waals surface area (Å²) in [6.07, 6.45) is 5.65. The SMILES string of the molecule is CC1CCC2(CC1)OC[C@@H](C(=O)N[C@H](C)c1ccccc1)N2C(=O)C1CC1. The van der Waals surface area contributed by atoms with E-state index in [0.29, 0.717) is 12.5 Å². The molecule has 5 heteroatoms. The molecule has 1 aromatic rings. The lowest BCUT2D eigenvalue weighted by Gasteiger charge is -2.43. The Morgan fingerprint density at radius 1 is 1.15 bits per heavy atom. The summed E-state index contributed by atoms with van der Waals surface area (Å²) in [4.78, 5) is 28.0. The standard InChI is InChI=1S/C22H30N2O3/c1-15-10-12-22(13-11-15)24(21(26)18-8-9-18)19(14-27-22)20(25)23-16(2)17-6-4-3-5-7-17/h3-7,15-16,18-19H,8-14H2,1-2H3,(H,23,25)/t15?,16-,19+,22?/m1/s1. The molecule has 4 rings (SSSR count). The molecule has 2 aliphatic carbocycles. The monoisotopic (exact) mass is 370 g/mol. The summed E-state index contributed by atoms with van der Waals surface area (Å²) in [7, 11) is 0. The third kappa shape index (κ3) is 3.62. The van der Waals surface area contributed by atoms with Gasteiger partial charge in [-0.1, -0.05) is 37.3 Å². The van der Waals surface area contributed by atoms with E-state index in [9.17, 15) is 9.59 Å². The van der Waals surface area contributed by atoms with Crippen LogP contribution in [0.1, 0.15) is 64.0 Å². The topological polar surface area (TPSA) is 58.6 Å². The molecule has 146 valence electrons. The molecule has 0 unspecified atom stereocenters. The molecule has 2 atom stereocenters. The van der Waals surface area contributed by atoms with Crippen LogP contribution in [0.25, 0.3) is 0 Å². The number of nitrogens with one attached hydrogen (secondary N) is 1. The smallest absolute Gasteiger partial charge is 0.245 e. The van der Waals surface area contributed by atoms with Gasteiger partial charge in [0.05, 0.1) is 12.6 Å². The van der Waals surface area contributed by atoms with E-state index < -0.39 is 11.8 Å². The summed E-state index contributed by atoms with van der Waals surface area (Å²) in [6, 6.07) is 9.31. The van der Waals surface area contributed by atoms with E-state index in [1.54, 1.807) is 0 Å². The van der Waals surface area contributed by atoms with Gasteiger partial charge in [-0.2, -0.15) is 0 Å². The number of carbonyl (C=O) groups excluding carboxylic acids is 2. The van der Waals surface area contributed by atoms with Crippen molar-refractivity contribution in [3.63, 3.8) is 0 Å². The Hall–Kier alpha value is -1.88. The van der Waals surface area contributed by atoms with Gasteiger partial charge >= 0.3 is 0 Å². The summed E-state index contributed by atoms with van der Waals surface area (Å²) >= 11 is 0. The summed E-state index contributed by atoms with van der Waals surface area (Å²) in [5.41, 5.74) is 0.496. The first kappa shape index (κ1) is 18.5. The highest BCUT2D eigenvalue weighted by Gasteiger charge is 2.55. The molecular weight excluding hydrogens is 340 g/mol. The number of hydrogen-bond donors (Lipinski definition) is 1. The summed E-state index contributed by atoms with van der Waals surface area (Å²) in [5.74, 6) is 0.762. The van der Waals surface area contributed by atoms with Gasteiger partial charge in [0.2, 0.25) is 11.8 Å². The third-order valence-corrected chi connectivity index (χ3v) is 6.44. The van der Waals surface area contributed by atoms with E-state index in [4.69, 9.17) is 4.74 Å². The summed E-state index contributed by atoms with van der Waals surface area (Å²) in [5, 5.41) is 3.10. The number of ether oxygens (including phenoxy) is 1. The largest absolute Gasteiger partial charge is 0.353 e. The van der Waals surface area contributed by atoms with Crippen LogP contribution in [0.15, 0.2) is 30.3 Å². The highest BCUT2D eigenvalue weighted by atomic mass is 16.5. The lowest BCUT2D eigenvalue weighted by atomic mass is 9.83. The molecule has 2 saturated carbocycles. The molecule has 3 aliphatic rings. The van der Waals surface area contributed by atoms with E-state index in [2.05, 4.69) is 12.2 Å². The molecule has 0 bridgehead atoms. The van der Waals surface area contributed by atoms with Crippen LogP contribution >= 0.6 is 0 Å². The molecule has 2 amide bonds. The van der Waals surface area contributed by atoms with E-state index in [-0.39, 0.29) is 23.8 Å². The Labute approximate surface area is 161 Å². The second kappa shape index (κ2) is 7.27. The van der Waals surface area contributed by atoms with Gasteiger partial charge in [0.25, 0.3) is 0 Å². The van der Waals surface area contributed by atoms with Crippen LogP contribution in [0.5, 0.6) is 0 Å². The molecule has 1 N–H and O–H groups in total. The maximum Gasteiger partial charge on any atom is 0.245 e. The Kier molecular flexibility index (Phi) is 4.97. The predicted octanol–water partition coefficient (Wildman–Crippen LogP) is 3.41. The minimum Gasteiger partial charge on any atom is -0.353 e. The maximum atomic E-state index is 13.1. The Balaban J connectivity index is 1.52. The van der Waals surface area contributed by atoms with Crippen LogP contribution in [0.4, 0.5) is 0 Å². The van der Waals surface area contributed by atoms with Crippen molar-refractivity contribution >= 4 is 11.8 Å². The fourth-order valence-corrected chi connectivity index (χ4v) is 4.47. The van der Waals surface area contributed by atoms with Gasteiger partial charge in [-0.05, 0) is 56.9 Å². The van der Waals surface area contributed by atoms with Gasteiger partial charge in [-0.3, -0.25) is 14.5 Å². The van der Waals surface area contributed by atoms with E-state index in [1.165, 1.54) is 0 Å². The van der Waals surface area contributed by atoms with Crippen molar-refractivity contribution in [1.29, 1.82) is 0 Å². The number of rotatable bonds is 4. The minimum absolute atomic E-state index is 0.0878. The normalized spacial score (nSPS) is 31.7. The van der Waals surface area contributed by atoms with Gasteiger partial charge < -0.3 is 10.1 Å². The van der Waals surface area contributed by atoms with Crippen LogP contribution in [0.2, 0.25) is 0 Å². The lowest BCUT2D eigenvalue weighted by Crippen LogP contribution is -2.57. The van der Waals surface area contributed by atoms with Crippen molar-refractivity contribution in [3.8, 4) is 0 Å². The van der Waals surface area contributed by atoms with Gasteiger partial charge in [0.1, 0.15) is 11.8 Å². The van der Waals surface area contributed by atoms with Crippen molar-refractivity contribution in [3.05, 3.63) is 35.9 Å². The van der Waals surface area contributed by atoms with Crippen LogP contribution in [-0.4, -0.2) is 35.1 Å². The highest BCUT2D eigenvalue weighted by Crippen LogP contribution is 2.45. The quantitative estimate of drug-likeness (QED) is 0.884. The second-order valence-electron chi connectivity index (χ2n) is 8.58. The Morgan fingerprint density at radius 2 is 1.81 bits per heavy atom. The Morgan fingerprint density at radius 3 is 2.44 bits per heavy atom. The number of hydrogen-bond acceptors (Lipinski definition) is 3. The van der Waals surface area contributed by atoms with Crippen LogP contribution < -0.4 is 5.32 Å². The number of amides is 2. The van der Waals surface area contributed by atoms with Crippen LogP contribution in [0.3, 0.4) is 0 Å². The van der Waals surface area contributed by atoms with E-state index in [1.807, 2.05) is 42.2 Å². The summed E-state index contributed by atoms with van der Waals surface area (Å²) < 4.78 is 6.21. The van der Waals surface area contributed by atoms with Crippen LogP contribution in [0, 0.1) is 11.8 Å². The predicted molar refractivity (Wildman–Crippen MR) is 103 cm³/mol. The molecule has 1 aliphatic heterocycles. The molecule has 1 heterocycles. The van der Waals surface area contributed by atoms with Crippen molar-refractivity contribution in [2.45, 2.75) is 70.2 Å². The average Bonchev–Trinajstić information content (AvgIpc) is 3.46. The van der Waals surface area contributed by atoms with Gasteiger partial charge in [-0.15, -0.1) is 0 Å². The fourth-order valence-electron chi connectivity index (χ4n) is 4.47. The zero-order valence-electron chi connectivity index (χ0n) is 16.3. The average molecular weight is 370 g/mol. The molecule has 5 nitrogen and oxygen atoms in total. The molecule has 0 radical (unpaired) electrons. The maximum absolute atomic E-state index is 13.1. The molecule has 1 aromatic carbocycles.